The van der Waals surface area contributed by atoms with Gasteiger partial charge in [0.25, 0.3) is 0 Å². The van der Waals surface area contributed by atoms with Gasteiger partial charge in [0, 0.05) is 45.3 Å². The van der Waals surface area contributed by atoms with Crippen molar-refractivity contribution in [2.24, 2.45) is 0 Å². The SMILES string of the molecule is Cc1ccc(C)c([C@H](O)CN2CCN([C@@H]3CCCN(C)C3)CC2)c1. The van der Waals surface area contributed by atoms with Crippen LogP contribution < -0.4 is 0 Å². The van der Waals surface area contributed by atoms with Crippen LogP contribution in [0.5, 0.6) is 0 Å². The molecule has 1 N–H and O–H groups in total. The van der Waals surface area contributed by atoms with E-state index in [1.165, 1.54) is 37.1 Å². The van der Waals surface area contributed by atoms with Gasteiger partial charge >= 0.3 is 0 Å². The van der Waals surface area contributed by atoms with Crippen LogP contribution in [0.25, 0.3) is 0 Å². The zero-order valence-corrected chi connectivity index (χ0v) is 15.5. The van der Waals surface area contributed by atoms with Gasteiger partial charge in [-0.05, 0) is 51.4 Å². The highest BCUT2D eigenvalue weighted by molar-refractivity contribution is 5.32. The summed E-state index contributed by atoms with van der Waals surface area (Å²) in [7, 11) is 2.24. The molecule has 2 fully saturated rings. The lowest BCUT2D eigenvalue weighted by molar-refractivity contribution is 0.0369. The molecule has 0 aromatic heterocycles. The number of likely N-dealkylation sites (tertiary alicyclic amines) is 1. The molecular weight excluding hydrogens is 298 g/mol. The molecular formula is C20H33N3O. The van der Waals surface area contributed by atoms with Crippen molar-refractivity contribution >= 4 is 0 Å². The maximum atomic E-state index is 10.7. The molecule has 1 aromatic rings. The molecule has 4 heteroatoms. The van der Waals surface area contributed by atoms with E-state index in [-0.39, 0.29) is 6.10 Å². The molecule has 2 saturated heterocycles. The van der Waals surface area contributed by atoms with Crippen LogP contribution in [-0.4, -0.2) is 78.7 Å². The van der Waals surface area contributed by atoms with E-state index in [1.807, 2.05) is 0 Å². The van der Waals surface area contributed by atoms with Crippen molar-refractivity contribution in [2.75, 3.05) is 52.9 Å². The van der Waals surface area contributed by atoms with E-state index in [2.05, 4.69) is 53.8 Å². The molecule has 0 aliphatic carbocycles. The van der Waals surface area contributed by atoms with Gasteiger partial charge in [0.2, 0.25) is 0 Å². The highest BCUT2D eigenvalue weighted by Crippen LogP contribution is 2.22. The first-order valence-electron chi connectivity index (χ1n) is 9.43. The number of piperazine rings is 1. The van der Waals surface area contributed by atoms with E-state index in [1.54, 1.807) is 0 Å². The number of hydrogen-bond acceptors (Lipinski definition) is 4. The van der Waals surface area contributed by atoms with Gasteiger partial charge < -0.3 is 10.0 Å². The Morgan fingerprint density at radius 1 is 1.12 bits per heavy atom. The third kappa shape index (κ3) is 4.37. The van der Waals surface area contributed by atoms with Gasteiger partial charge in [-0.2, -0.15) is 0 Å². The summed E-state index contributed by atoms with van der Waals surface area (Å²) in [6.45, 7) is 11.8. The summed E-state index contributed by atoms with van der Waals surface area (Å²) in [6.07, 6.45) is 2.29. The standard InChI is InChI=1S/C20H33N3O/c1-16-6-7-17(2)19(13-16)20(24)15-22-9-11-23(12-10-22)18-5-4-8-21(3)14-18/h6-7,13,18,20,24H,4-5,8-12,14-15H2,1-3H3/t18-,20-/m1/s1. The monoisotopic (exact) mass is 331 g/mol. The van der Waals surface area contributed by atoms with Crippen molar-refractivity contribution in [1.29, 1.82) is 0 Å². The van der Waals surface area contributed by atoms with Crippen LogP contribution in [0.2, 0.25) is 0 Å². The van der Waals surface area contributed by atoms with Crippen molar-refractivity contribution in [1.82, 2.24) is 14.7 Å². The molecule has 2 aliphatic heterocycles. The molecule has 2 aliphatic rings. The fraction of sp³-hybridized carbons (Fsp3) is 0.700. The summed E-state index contributed by atoms with van der Waals surface area (Å²) in [5.74, 6) is 0. The van der Waals surface area contributed by atoms with Crippen LogP contribution in [0, 0.1) is 13.8 Å². The molecule has 3 rings (SSSR count). The second-order valence-electron chi connectivity index (χ2n) is 7.77. The van der Waals surface area contributed by atoms with Crippen LogP contribution in [0.1, 0.15) is 35.6 Å². The van der Waals surface area contributed by atoms with E-state index >= 15 is 0 Å². The number of β-amino-alcohol motifs (C(OH)–C–C–N with tert-alkyl or cyclic N) is 1. The number of aliphatic hydroxyl groups excluding tert-OH is 1. The molecule has 0 unspecified atom stereocenters. The lowest BCUT2D eigenvalue weighted by atomic mass is 10.00. The van der Waals surface area contributed by atoms with Crippen LogP contribution in [0.15, 0.2) is 18.2 Å². The maximum absolute atomic E-state index is 10.7. The van der Waals surface area contributed by atoms with Crippen LogP contribution in [-0.2, 0) is 0 Å². The number of aliphatic hydroxyl groups is 1. The van der Waals surface area contributed by atoms with Gasteiger partial charge in [-0.3, -0.25) is 9.80 Å². The summed E-state index contributed by atoms with van der Waals surface area (Å²) in [5, 5.41) is 10.7. The zero-order chi connectivity index (χ0) is 17.1. The molecule has 1 aromatic carbocycles. The predicted molar refractivity (Wildman–Crippen MR) is 99.4 cm³/mol. The van der Waals surface area contributed by atoms with E-state index in [0.717, 1.165) is 44.3 Å². The van der Waals surface area contributed by atoms with E-state index in [9.17, 15) is 5.11 Å². The Bertz CT molecular complexity index is 540. The second-order valence-corrected chi connectivity index (χ2v) is 7.77. The number of nitrogens with zero attached hydrogens (tertiary/aromatic N) is 3. The molecule has 2 heterocycles. The topological polar surface area (TPSA) is 30.0 Å². The Morgan fingerprint density at radius 2 is 1.88 bits per heavy atom. The Hall–Kier alpha value is -0.940. The molecule has 24 heavy (non-hydrogen) atoms. The van der Waals surface area contributed by atoms with E-state index < -0.39 is 0 Å². The molecule has 0 spiro atoms. The average Bonchev–Trinajstić information content (AvgIpc) is 2.57. The zero-order valence-electron chi connectivity index (χ0n) is 15.5. The van der Waals surface area contributed by atoms with Crippen LogP contribution in [0.3, 0.4) is 0 Å². The smallest absolute Gasteiger partial charge is 0.0919 e. The van der Waals surface area contributed by atoms with E-state index in [0.29, 0.717) is 0 Å². The van der Waals surface area contributed by atoms with Gasteiger partial charge in [0.15, 0.2) is 0 Å². The van der Waals surface area contributed by atoms with Crippen molar-refractivity contribution in [3.05, 3.63) is 34.9 Å². The number of rotatable bonds is 4. The van der Waals surface area contributed by atoms with Crippen molar-refractivity contribution in [3.8, 4) is 0 Å². The number of benzene rings is 1. The van der Waals surface area contributed by atoms with Gasteiger partial charge in [-0.25, -0.2) is 0 Å². The summed E-state index contributed by atoms with van der Waals surface area (Å²) in [6, 6.07) is 7.10. The number of aryl methyl sites for hydroxylation is 2. The minimum atomic E-state index is -0.378. The van der Waals surface area contributed by atoms with Crippen LogP contribution >= 0.6 is 0 Å². The highest BCUT2D eigenvalue weighted by atomic mass is 16.3. The average molecular weight is 332 g/mol. The molecule has 4 nitrogen and oxygen atoms in total. The lowest BCUT2D eigenvalue weighted by Crippen LogP contribution is -2.54. The largest absolute Gasteiger partial charge is 0.387 e. The maximum Gasteiger partial charge on any atom is 0.0919 e. The summed E-state index contributed by atoms with van der Waals surface area (Å²) in [5.41, 5.74) is 3.50. The van der Waals surface area contributed by atoms with Crippen LogP contribution in [0.4, 0.5) is 0 Å². The summed E-state index contributed by atoms with van der Waals surface area (Å²) >= 11 is 0. The molecule has 134 valence electrons. The Balaban J connectivity index is 1.50. The predicted octanol–water partition coefficient (Wildman–Crippen LogP) is 2.05. The molecule has 0 saturated carbocycles. The van der Waals surface area contributed by atoms with Crippen molar-refractivity contribution < 1.29 is 5.11 Å². The Labute approximate surface area is 147 Å². The van der Waals surface area contributed by atoms with Gasteiger partial charge in [-0.15, -0.1) is 0 Å². The van der Waals surface area contributed by atoms with Gasteiger partial charge in [0.1, 0.15) is 0 Å². The first-order chi connectivity index (χ1) is 11.5. The van der Waals surface area contributed by atoms with Gasteiger partial charge in [0.05, 0.1) is 6.10 Å². The number of piperidine rings is 1. The van der Waals surface area contributed by atoms with Crippen molar-refractivity contribution in [2.45, 2.75) is 38.8 Å². The molecule has 0 radical (unpaired) electrons. The summed E-state index contributed by atoms with van der Waals surface area (Å²) < 4.78 is 0. The first-order valence-corrected chi connectivity index (χ1v) is 9.43. The fourth-order valence-corrected chi connectivity index (χ4v) is 4.21. The highest BCUT2D eigenvalue weighted by Gasteiger charge is 2.27. The van der Waals surface area contributed by atoms with E-state index in [4.69, 9.17) is 0 Å². The third-order valence-electron chi connectivity index (χ3n) is 5.75. The normalized spacial score (nSPS) is 25.8. The summed E-state index contributed by atoms with van der Waals surface area (Å²) in [4.78, 5) is 7.55. The quantitative estimate of drug-likeness (QED) is 0.915. The molecule has 2 atom stereocenters. The molecule has 0 amide bonds. The van der Waals surface area contributed by atoms with Gasteiger partial charge in [-0.1, -0.05) is 23.8 Å². The van der Waals surface area contributed by atoms with Crippen molar-refractivity contribution in [3.63, 3.8) is 0 Å². The Morgan fingerprint density at radius 3 is 2.58 bits per heavy atom. The number of likely N-dealkylation sites (N-methyl/N-ethyl adjacent to an activating group) is 1. The second kappa shape index (κ2) is 7.96. The fourth-order valence-electron chi connectivity index (χ4n) is 4.21. The minimum absolute atomic E-state index is 0.378. The Kier molecular flexibility index (Phi) is 5.93. The molecule has 0 bridgehead atoms. The lowest BCUT2D eigenvalue weighted by Gasteiger charge is -2.43. The minimum Gasteiger partial charge on any atom is -0.387 e. The third-order valence-corrected chi connectivity index (χ3v) is 5.75. The first kappa shape index (κ1) is 17.9. The number of hydrogen-bond donors (Lipinski definition) is 1.